The van der Waals surface area contributed by atoms with Crippen molar-refractivity contribution in [1.82, 2.24) is 10.2 Å². The molecule has 0 spiro atoms. The minimum atomic E-state index is 0. The van der Waals surface area contributed by atoms with E-state index in [9.17, 15) is 0 Å². The van der Waals surface area contributed by atoms with Gasteiger partial charge in [0.25, 0.3) is 0 Å². The molecule has 26 heavy (non-hydrogen) atoms. The zero-order valence-electron chi connectivity index (χ0n) is 16.1. The molecule has 1 atom stereocenters. The van der Waals surface area contributed by atoms with Crippen molar-refractivity contribution >= 4 is 29.9 Å². The van der Waals surface area contributed by atoms with E-state index in [0.717, 1.165) is 63.1 Å². The van der Waals surface area contributed by atoms with Crippen LogP contribution in [0.15, 0.2) is 29.3 Å². The quantitative estimate of drug-likeness (QED) is 0.257. The number of guanidine groups is 1. The van der Waals surface area contributed by atoms with Crippen molar-refractivity contribution in [2.75, 3.05) is 53.6 Å². The van der Waals surface area contributed by atoms with Crippen molar-refractivity contribution in [2.24, 2.45) is 10.9 Å². The van der Waals surface area contributed by atoms with E-state index in [-0.39, 0.29) is 24.0 Å². The number of rotatable bonds is 9. The van der Waals surface area contributed by atoms with Crippen molar-refractivity contribution < 1.29 is 14.2 Å². The third kappa shape index (κ3) is 7.99. The lowest BCUT2D eigenvalue weighted by Crippen LogP contribution is -2.41. The number of benzene rings is 1. The lowest BCUT2D eigenvalue weighted by atomic mass is 10.1. The molecule has 1 aliphatic rings. The molecule has 1 fully saturated rings. The lowest BCUT2D eigenvalue weighted by Gasteiger charge is -2.24. The first kappa shape index (κ1) is 22.8. The van der Waals surface area contributed by atoms with Gasteiger partial charge >= 0.3 is 0 Å². The summed E-state index contributed by atoms with van der Waals surface area (Å²) >= 11 is 0. The monoisotopic (exact) mass is 477 g/mol. The van der Waals surface area contributed by atoms with Crippen LogP contribution in [0, 0.1) is 5.92 Å². The van der Waals surface area contributed by atoms with E-state index in [1.807, 2.05) is 24.3 Å². The maximum Gasteiger partial charge on any atom is 0.193 e. The summed E-state index contributed by atoms with van der Waals surface area (Å²) in [6.07, 6.45) is 2.00. The molecule has 1 heterocycles. The van der Waals surface area contributed by atoms with Crippen molar-refractivity contribution in [3.05, 3.63) is 24.3 Å². The molecule has 0 radical (unpaired) electrons. The van der Waals surface area contributed by atoms with E-state index in [4.69, 9.17) is 19.2 Å². The highest BCUT2D eigenvalue weighted by Crippen LogP contribution is 2.18. The number of halogens is 1. The molecular weight excluding hydrogens is 445 g/mol. The van der Waals surface area contributed by atoms with Crippen LogP contribution in [0.4, 0.5) is 0 Å². The largest absolute Gasteiger partial charge is 0.497 e. The molecule has 1 saturated heterocycles. The van der Waals surface area contributed by atoms with Crippen LogP contribution in [0.3, 0.4) is 0 Å². The van der Waals surface area contributed by atoms with Crippen LogP contribution in [0.2, 0.25) is 0 Å². The topological polar surface area (TPSA) is 55.3 Å². The summed E-state index contributed by atoms with van der Waals surface area (Å²) in [5, 5.41) is 3.36. The second kappa shape index (κ2) is 13.0. The standard InChI is InChI=1S/C19H31N3O3.HI/c1-4-20-19(22(2)14-16-9-12-24-15-16)21-10-6-11-25-18-8-5-7-17(13-18)23-3;/h5,7-8,13,16H,4,6,9-12,14-15H2,1-3H3,(H,20,21);1H. The van der Waals surface area contributed by atoms with Gasteiger partial charge < -0.3 is 24.4 Å². The van der Waals surface area contributed by atoms with E-state index in [1.165, 1.54) is 0 Å². The maximum atomic E-state index is 5.76. The van der Waals surface area contributed by atoms with E-state index in [0.29, 0.717) is 12.5 Å². The summed E-state index contributed by atoms with van der Waals surface area (Å²) < 4.78 is 16.4. The molecule has 0 aromatic heterocycles. The van der Waals surface area contributed by atoms with Gasteiger partial charge in [-0.1, -0.05) is 6.07 Å². The minimum absolute atomic E-state index is 0. The molecule has 148 valence electrons. The SMILES string of the molecule is CCNC(=NCCCOc1cccc(OC)c1)N(C)CC1CCOC1.I. The number of hydrogen-bond donors (Lipinski definition) is 1. The first-order valence-electron chi connectivity index (χ1n) is 9.07. The van der Waals surface area contributed by atoms with Gasteiger partial charge in [0, 0.05) is 51.7 Å². The molecule has 1 unspecified atom stereocenters. The molecule has 1 aromatic carbocycles. The smallest absolute Gasteiger partial charge is 0.193 e. The van der Waals surface area contributed by atoms with Gasteiger partial charge in [-0.3, -0.25) is 4.99 Å². The fourth-order valence-corrected chi connectivity index (χ4v) is 2.80. The van der Waals surface area contributed by atoms with Crippen molar-refractivity contribution in [3.8, 4) is 11.5 Å². The summed E-state index contributed by atoms with van der Waals surface area (Å²) in [5.41, 5.74) is 0. The first-order valence-corrected chi connectivity index (χ1v) is 9.07. The van der Waals surface area contributed by atoms with Crippen molar-refractivity contribution in [1.29, 1.82) is 0 Å². The van der Waals surface area contributed by atoms with Crippen LogP contribution in [-0.2, 0) is 4.74 Å². The molecule has 1 N–H and O–H groups in total. The first-order chi connectivity index (χ1) is 12.2. The number of hydrogen-bond acceptors (Lipinski definition) is 4. The summed E-state index contributed by atoms with van der Waals surface area (Å²) in [7, 11) is 3.75. The summed E-state index contributed by atoms with van der Waals surface area (Å²) in [6, 6.07) is 7.67. The fourth-order valence-electron chi connectivity index (χ4n) is 2.80. The number of nitrogens with zero attached hydrogens (tertiary/aromatic N) is 2. The van der Waals surface area contributed by atoms with Gasteiger partial charge in [0.05, 0.1) is 20.3 Å². The molecule has 7 heteroatoms. The zero-order chi connectivity index (χ0) is 17.9. The van der Waals surface area contributed by atoms with Gasteiger partial charge in [0.2, 0.25) is 0 Å². The van der Waals surface area contributed by atoms with Gasteiger partial charge in [-0.25, -0.2) is 0 Å². The van der Waals surface area contributed by atoms with Crippen LogP contribution < -0.4 is 14.8 Å². The van der Waals surface area contributed by atoms with Crippen LogP contribution in [0.5, 0.6) is 11.5 Å². The van der Waals surface area contributed by atoms with Crippen molar-refractivity contribution in [3.63, 3.8) is 0 Å². The summed E-state index contributed by atoms with van der Waals surface area (Å²) in [4.78, 5) is 6.91. The predicted molar refractivity (Wildman–Crippen MR) is 116 cm³/mol. The number of methoxy groups -OCH3 is 1. The third-order valence-corrected chi connectivity index (χ3v) is 4.13. The zero-order valence-corrected chi connectivity index (χ0v) is 18.4. The normalized spacial score (nSPS) is 16.7. The Kier molecular flexibility index (Phi) is 11.4. The Hall–Kier alpha value is -1.22. The van der Waals surface area contributed by atoms with Crippen LogP contribution >= 0.6 is 24.0 Å². The second-order valence-electron chi connectivity index (χ2n) is 6.23. The highest BCUT2D eigenvalue weighted by Gasteiger charge is 2.18. The number of nitrogens with one attached hydrogen (secondary N) is 1. The van der Waals surface area contributed by atoms with E-state index in [1.54, 1.807) is 7.11 Å². The van der Waals surface area contributed by atoms with E-state index < -0.39 is 0 Å². The van der Waals surface area contributed by atoms with Crippen molar-refractivity contribution in [2.45, 2.75) is 19.8 Å². The number of aliphatic imine (C=N–C) groups is 1. The molecular formula is C19H32IN3O3. The van der Waals surface area contributed by atoms with Crippen LogP contribution in [0.1, 0.15) is 19.8 Å². The molecule has 0 amide bonds. The Balaban J connectivity index is 0.00000338. The molecule has 1 aliphatic heterocycles. The van der Waals surface area contributed by atoms with Crippen LogP contribution in [0.25, 0.3) is 0 Å². The Morgan fingerprint density at radius 3 is 2.88 bits per heavy atom. The molecule has 0 aliphatic carbocycles. The van der Waals surface area contributed by atoms with E-state index >= 15 is 0 Å². The Bertz CT molecular complexity index is 537. The van der Waals surface area contributed by atoms with Gasteiger partial charge in [-0.05, 0) is 25.5 Å². The highest BCUT2D eigenvalue weighted by atomic mass is 127. The maximum absolute atomic E-state index is 5.76. The number of ether oxygens (including phenoxy) is 3. The molecule has 1 aromatic rings. The fraction of sp³-hybridized carbons (Fsp3) is 0.632. The highest BCUT2D eigenvalue weighted by molar-refractivity contribution is 14.0. The summed E-state index contributed by atoms with van der Waals surface area (Å²) in [6.45, 7) is 7.05. The average Bonchev–Trinajstić information content (AvgIpc) is 3.13. The molecule has 2 rings (SSSR count). The molecule has 0 bridgehead atoms. The van der Waals surface area contributed by atoms with E-state index in [2.05, 4.69) is 24.2 Å². The Labute approximate surface area is 174 Å². The Morgan fingerprint density at radius 2 is 2.19 bits per heavy atom. The average molecular weight is 477 g/mol. The minimum Gasteiger partial charge on any atom is -0.497 e. The second-order valence-corrected chi connectivity index (χ2v) is 6.23. The molecule has 6 nitrogen and oxygen atoms in total. The van der Waals surface area contributed by atoms with Gasteiger partial charge in [0.15, 0.2) is 5.96 Å². The third-order valence-electron chi connectivity index (χ3n) is 4.13. The predicted octanol–water partition coefficient (Wildman–Crippen LogP) is 3.02. The van der Waals surface area contributed by atoms with Gasteiger partial charge in [-0.2, -0.15) is 0 Å². The summed E-state index contributed by atoms with van der Waals surface area (Å²) in [5.74, 6) is 3.19. The van der Waals surface area contributed by atoms with Gasteiger partial charge in [-0.15, -0.1) is 24.0 Å². The van der Waals surface area contributed by atoms with Gasteiger partial charge in [0.1, 0.15) is 11.5 Å². The molecule has 0 saturated carbocycles. The Morgan fingerprint density at radius 1 is 1.38 bits per heavy atom. The van der Waals surface area contributed by atoms with Crippen LogP contribution in [-0.4, -0.2) is 64.5 Å². The lowest BCUT2D eigenvalue weighted by molar-refractivity contribution is 0.181.